The minimum Gasteiger partial charge on any atom is -0.493 e. The van der Waals surface area contributed by atoms with Crippen LogP contribution in [0.3, 0.4) is 0 Å². The van der Waals surface area contributed by atoms with Gasteiger partial charge in [0.25, 0.3) is 5.56 Å². The van der Waals surface area contributed by atoms with Gasteiger partial charge < -0.3 is 14.8 Å². The third kappa shape index (κ3) is 3.24. The van der Waals surface area contributed by atoms with E-state index in [-0.39, 0.29) is 23.6 Å². The lowest BCUT2D eigenvalue weighted by Gasteiger charge is -2.07. The molecule has 2 rings (SSSR count). The number of aromatic hydroxyl groups is 1. The molecule has 1 aromatic carbocycles. The first-order valence-electron chi connectivity index (χ1n) is 6.58. The van der Waals surface area contributed by atoms with Crippen LogP contribution in [-0.2, 0) is 11.3 Å². The lowest BCUT2D eigenvalue weighted by Crippen LogP contribution is -2.15. The highest BCUT2D eigenvalue weighted by Crippen LogP contribution is 2.23. The average Bonchev–Trinajstić information content (AvgIpc) is 2.40. The number of nitrogens with one attached hydrogen (secondary N) is 1. The third-order valence-corrected chi connectivity index (χ3v) is 2.88. The summed E-state index contributed by atoms with van der Waals surface area (Å²) in [5.74, 6) is 0.0597. The summed E-state index contributed by atoms with van der Waals surface area (Å²) in [6.45, 7) is 4.73. The maximum Gasteiger partial charge on any atom is 0.262 e. The van der Waals surface area contributed by atoms with Gasteiger partial charge in [0, 0.05) is 6.61 Å². The van der Waals surface area contributed by atoms with Gasteiger partial charge in [-0.3, -0.25) is 4.79 Å². The van der Waals surface area contributed by atoms with E-state index in [9.17, 15) is 9.90 Å². The van der Waals surface area contributed by atoms with Gasteiger partial charge in [0.1, 0.15) is 18.0 Å². The number of nitrogens with zero attached hydrogens (tertiary/aromatic N) is 1. The van der Waals surface area contributed by atoms with E-state index in [0.29, 0.717) is 18.0 Å². The summed E-state index contributed by atoms with van der Waals surface area (Å²) in [5, 5.41) is 9.96. The van der Waals surface area contributed by atoms with Crippen molar-refractivity contribution in [3.05, 3.63) is 46.0 Å². The molecule has 0 aliphatic heterocycles. The topological polar surface area (TPSA) is 75.2 Å². The average molecular weight is 274 g/mol. The van der Waals surface area contributed by atoms with Crippen molar-refractivity contribution in [3.63, 3.8) is 0 Å². The van der Waals surface area contributed by atoms with E-state index in [4.69, 9.17) is 4.74 Å². The number of aromatic amines is 1. The molecule has 0 atom stereocenters. The van der Waals surface area contributed by atoms with Crippen LogP contribution in [0.1, 0.15) is 24.7 Å². The van der Waals surface area contributed by atoms with E-state index >= 15 is 0 Å². The number of rotatable bonds is 5. The second-order valence-corrected chi connectivity index (χ2v) is 4.63. The Hall–Kier alpha value is -2.14. The smallest absolute Gasteiger partial charge is 0.262 e. The van der Waals surface area contributed by atoms with Crippen LogP contribution in [0.5, 0.6) is 5.88 Å². The first-order chi connectivity index (χ1) is 9.61. The molecular weight excluding hydrogens is 256 g/mol. The van der Waals surface area contributed by atoms with Crippen LogP contribution in [0.2, 0.25) is 0 Å². The van der Waals surface area contributed by atoms with Gasteiger partial charge in [-0.2, -0.15) is 4.98 Å². The molecule has 20 heavy (non-hydrogen) atoms. The molecule has 0 saturated heterocycles. The standard InChI is InChI=1S/C15H18N2O3/c1-3-8-20-9-12-16-14(18)13(15(19)17-12)11-6-4-10(2)5-7-11/h4-7H,3,8-9H2,1-2H3,(H2,16,17,18,19). The van der Waals surface area contributed by atoms with Crippen LogP contribution in [0.15, 0.2) is 29.1 Å². The van der Waals surface area contributed by atoms with Crippen molar-refractivity contribution >= 4 is 0 Å². The second kappa shape index (κ2) is 6.34. The maximum absolute atomic E-state index is 12.1. The Bertz CT molecular complexity index is 633. The fraction of sp³-hybridized carbons (Fsp3) is 0.333. The highest BCUT2D eigenvalue weighted by Gasteiger charge is 2.12. The fourth-order valence-electron chi connectivity index (χ4n) is 1.87. The number of ether oxygens (including phenoxy) is 1. The number of benzene rings is 1. The summed E-state index contributed by atoms with van der Waals surface area (Å²) in [7, 11) is 0. The van der Waals surface area contributed by atoms with Crippen molar-refractivity contribution in [2.75, 3.05) is 6.61 Å². The summed E-state index contributed by atoms with van der Waals surface area (Å²) >= 11 is 0. The molecular formula is C15H18N2O3. The Morgan fingerprint density at radius 3 is 2.60 bits per heavy atom. The Balaban J connectivity index is 2.31. The highest BCUT2D eigenvalue weighted by atomic mass is 16.5. The zero-order valence-corrected chi connectivity index (χ0v) is 11.6. The molecule has 0 spiro atoms. The van der Waals surface area contributed by atoms with Crippen LogP contribution < -0.4 is 5.56 Å². The second-order valence-electron chi connectivity index (χ2n) is 4.63. The molecule has 0 unspecified atom stereocenters. The molecule has 0 saturated carbocycles. The van der Waals surface area contributed by atoms with Gasteiger partial charge in [-0.05, 0) is 18.9 Å². The van der Waals surface area contributed by atoms with Crippen molar-refractivity contribution in [2.45, 2.75) is 26.9 Å². The van der Waals surface area contributed by atoms with Crippen LogP contribution in [0, 0.1) is 6.92 Å². The monoisotopic (exact) mass is 274 g/mol. The molecule has 0 amide bonds. The van der Waals surface area contributed by atoms with Gasteiger partial charge in [-0.1, -0.05) is 36.8 Å². The molecule has 0 bridgehead atoms. The molecule has 1 aromatic heterocycles. The molecule has 0 fully saturated rings. The Labute approximate surface area is 117 Å². The van der Waals surface area contributed by atoms with Crippen molar-refractivity contribution < 1.29 is 9.84 Å². The minimum absolute atomic E-state index is 0.184. The normalized spacial score (nSPS) is 10.7. The SMILES string of the molecule is CCCOCc1nc(O)c(-c2ccc(C)cc2)c(=O)[nH]1. The number of hydrogen-bond acceptors (Lipinski definition) is 4. The predicted molar refractivity (Wildman–Crippen MR) is 76.6 cm³/mol. The van der Waals surface area contributed by atoms with Crippen LogP contribution in [0.25, 0.3) is 11.1 Å². The van der Waals surface area contributed by atoms with Crippen molar-refractivity contribution in [1.82, 2.24) is 9.97 Å². The largest absolute Gasteiger partial charge is 0.493 e. The zero-order valence-electron chi connectivity index (χ0n) is 11.6. The van der Waals surface area contributed by atoms with Crippen LogP contribution in [0.4, 0.5) is 0 Å². The van der Waals surface area contributed by atoms with Gasteiger partial charge in [-0.15, -0.1) is 0 Å². The lowest BCUT2D eigenvalue weighted by atomic mass is 10.1. The zero-order chi connectivity index (χ0) is 14.5. The van der Waals surface area contributed by atoms with Gasteiger partial charge in [0.2, 0.25) is 5.88 Å². The molecule has 5 nitrogen and oxygen atoms in total. The number of H-pyrrole nitrogens is 1. The Morgan fingerprint density at radius 2 is 2.00 bits per heavy atom. The predicted octanol–water partition coefficient (Wildman–Crippen LogP) is 2.38. The van der Waals surface area contributed by atoms with E-state index in [1.165, 1.54) is 0 Å². The van der Waals surface area contributed by atoms with Crippen molar-refractivity contribution in [2.24, 2.45) is 0 Å². The number of hydrogen-bond donors (Lipinski definition) is 2. The lowest BCUT2D eigenvalue weighted by molar-refractivity contribution is 0.115. The van der Waals surface area contributed by atoms with Crippen molar-refractivity contribution in [3.8, 4) is 17.0 Å². The highest BCUT2D eigenvalue weighted by molar-refractivity contribution is 5.67. The molecule has 0 radical (unpaired) electrons. The summed E-state index contributed by atoms with van der Waals surface area (Å²) in [6, 6.07) is 7.34. The molecule has 2 aromatic rings. The van der Waals surface area contributed by atoms with Gasteiger partial charge in [-0.25, -0.2) is 0 Å². The summed E-state index contributed by atoms with van der Waals surface area (Å²) in [4.78, 5) is 18.7. The first kappa shape index (κ1) is 14.3. The van der Waals surface area contributed by atoms with Gasteiger partial charge in [0.15, 0.2) is 0 Å². The maximum atomic E-state index is 12.1. The first-order valence-corrected chi connectivity index (χ1v) is 6.58. The van der Waals surface area contributed by atoms with Crippen LogP contribution >= 0.6 is 0 Å². The minimum atomic E-state index is -0.364. The van der Waals surface area contributed by atoms with E-state index < -0.39 is 0 Å². The molecule has 1 heterocycles. The van der Waals surface area contributed by atoms with E-state index in [0.717, 1.165) is 12.0 Å². The van der Waals surface area contributed by atoms with Crippen molar-refractivity contribution in [1.29, 1.82) is 0 Å². The number of aromatic nitrogens is 2. The molecule has 5 heteroatoms. The third-order valence-electron chi connectivity index (χ3n) is 2.88. The molecule has 0 aliphatic carbocycles. The summed E-state index contributed by atoms with van der Waals surface area (Å²) in [5.41, 5.74) is 1.55. The number of aryl methyl sites for hydroxylation is 1. The van der Waals surface area contributed by atoms with Gasteiger partial charge in [0.05, 0.1) is 0 Å². The summed E-state index contributed by atoms with van der Waals surface area (Å²) in [6.07, 6.45) is 0.887. The van der Waals surface area contributed by atoms with Gasteiger partial charge >= 0.3 is 0 Å². The van der Waals surface area contributed by atoms with E-state index in [1.807, 2.05) is 26.0 Å². The molecule has 2 N–H and O–H groups in total. The fourth-order valence-corrected chi connectivity index (χ4v) is 1.87. The molecule has 0 aliphatic rings. The van der Waals surface area contributed by atoms with E-state index in [2.05, 4.69) is 9.97 Å². The quantitative estimate of drug-likeness (QED) is 0.821. The molecule has 106 valence electrons. The van der Waals surface area contributed by atoms with E-state index in [1.54, 1.807) is 12.1 Å². The summed E-state index contributed by atoms with van der Waals surface area (Å²) < 4.78 is 5.30. The van der Waals surface area contributed by atoms with Crippen LogP contribution in [-0.4, -0.2) is 21.7 Å². The Kier molecular flexibility index (Phi) is 4.53. The Morgan fingerprint density at radius 1 is 1.30 bits per heavy atom.